The Morgan fingerprint density at radius 3 is 2.29 bits per heavy atom. The van der Waals surface area contributed by atoms with Crippen molar-refractivity contribution in [1.29, 1.82) is 0 Å². The first-order valence-electron chi connectivity index (χ1n) is 7.75. The number of carbonyl (C=O) groups excluding carboxylic acids is 1. The van der Waals surface area contributed by atoms with Gasteiger partial charge in [-0.3, -0.25) is 9.79 Å². The lowest BCUT2D eigenvalue weighted by molar-refractivity contribution is 0.103. The second-order valence-electron chi connectivity index (χ2n) is 5.12. The number of ether oxygens (including phenoxy) is 1. The minimum absolute atomic E-state index is 0.00329. The molecular weight excluding hydrogens is 304 g/mol. The molecule has 0 atom stereocenters. The third-order valence-corrected chi connectivity index (χ3v) is 3.28. The number of rotatable bonds is 9. The van der Waals surface area contributed by atoms with Gasteiger partial charge in [-0.25, -0.2) is 0 Å². The van der Waals surface area contributed by atoms with E-state index in [0.29, 0.717) is 37.4 Å². The lowest BCUT2D eigenvalue weighted by Gasteiger charge is -2.08. The second kappa shape index (κ2) is 9.32. The lowest BCUT2D eigenvalue weighted by Crippen LogP contribution is -2.27. The Morgan fingerprint density at radius 2 is 1.62 bits per heavy atom. The Hall–Kier alpha value is -2.86. The molecule has 2 aromatic rings. The predicted octanol–water partition coefficient (Wildman–Crippen LogP) is 1.16. The van der Waals surface area contributed by atoms with Gasteiger partial charge in [-0.2, -0.15) is 0 Å². The van der Waals surface area contributed by atoms with Crippen molar-refractivity contribution in [2.45, 2.75) is 0 Å². The molecule has 0 saturated heterocycles. The summed E-state index contributed by atoms with van der Waals surface area (Å²) in [5.74, 6) is 0.826. The summed E-state index contributed by atoms with van der Waals surface area (Å²) in [6.45, 7) is 2.43. The molecule has 0 aliphatic rings. The molecule has 0 bridgehead atoms. The Morgan fingerprint density at radius 1 is 0.958 bits per heavy atom. The van der Waals surface area contributed by atoms with Gasteiger partial charge in [-0.1, -0.05) is 30.3 Å². The van der Waals surface area contributed by atoms with E-state index in [-0.39, 0.29) is 11.7 Å². The number of nitrogens with one attached hydrogen (secondary N) is 1. The van der Waals surface area contributed by atoms with Gasteiger partial charge in [0, 0.05) is 24.2 Å². The first-order chi connectivity index (χ1) is 11.7. The van der Waals surface area contributed by atoms with Crippen LogP contribution in [0.5, 0.6) is 5.75 Å². The van der Waals surface area contributed by atoms with E-state index in [4.69, 9.17) is 16.2 Å². The molecule has 0 heterocycles. The van der Waals surface area contributed by atoms with Gasteiger partial charge < -0.3 is 21.5 Å². The number of ketones is 1. The molecule has 2 rings (SSSR count). The number of hydrogen-bond acceptors (Lipinski definition) is 4. The van der Waals surface area contributed by atoms with Crippen molar-refractivity contribution in [2.75, 3.05) is 26.2 Å². The highest BCUT2D eigenvalue weighted by molar-refractivity contribution is 6.08. The zero-order valence-corrected chi connectivity index (χ0v) is 13.4. The van der Waals surface area contributed by atoms with Crippen molar-refractivity contribution in [3.05, 3.63) is 65.7 Å². The summed E-state index contributed by atoms with van der Waals surface area (Å²) in [5.41, 5.74) is 11.8. The first kappa shape index (κ1) is 17.5. The number of carbonyl (C=O) groups is 1. The molecule has 0 fully saturated rings. The van der Waals surface area contributed by atoms with E-state index in [1.807, 2.05) is 18.2 Å². The van der Waals surface area contributed by atoms with Crippen LogP contribution in [-0.4, -0.2) is 38.0 Å². The van der Waals surface area contributed by atoms with Crippen LogP contribution in [0.25, 0.3) is 0 Å². The maximum Gasteiger partial charge on any atom is 0.193 e. The first-order valence-corrected chi connectivity index (χ1v) is 7.75. The zero-order chi connectivity index (χ0) is 17.2. The molecule has 0 aliphatic heterocycles. The van der Waals surface area contributed by atoms with E-state index in [1.165, 1.54) is 0 Å². The summed E-state index contributed by atoms with van der Waals surface area (Å²) in [7, 11) is 0. The topological polar surface area (TPSA) is 103 Å². The quantitative estimate of drug-likeness (QED) is 0.278. The van der Waals surface area contributed by atoms with Gasteiger partial charge in [0.25, 0.3) is 0 Å². The van der Waals surface area contributed by atoms with E-state index in [2.05, 4.69) is 10.3 Å². The fourth-order valence-electron chi connectivity index (χ4n) is 2.09. The third kappa shape index (κ3) is 5.73. The van der Waals surface area contributed by atoms with E-state index < -0.39 is 0 Å². The minimum atomic E-state index is 0.00329. The average molecular weight is 326 g/mol. The summed E-state index contributed by atoms with van der Waals surface area (Å²) < 4.78 is 5.62. The van der Waals surface area contributed by atoms with Gasteiger partial charge in [0.2, 0.25) is 0 Å². The number of benzene rings is 2. The number of aliphatic imine (C=N–C) groups is 1. The van der Waals surface area contributed by atoms with Gasteiger partial charge in [0.05, 0.1) is 6.54 Å². The molecule has 5 N–H and O–H groups in total. The lowest BCUT2D eigenvalue weighted by atomic mass is 10.0. The molecular formula is C18H22N4O2. The maximum absolute atomic E-state index is 12.3. The highest BCUT2D eigenvalue weighted by atomic mass is 16.5. The van der Waals surface area contributed by atoms with Crippen LogP contribution in [0.3, 0.4) is 0 Å². The number of hydrogen-bond donors (Lipinski definition) is 3. The Labute approximate surface area is 141 Å². The van der Waals surface area contributed by atoms with Crippen molar-refractivity contribution >= 4 is 11.7 Å². The standard InChI is InChI=1S/C18H22N4O2/c19-18(20)22-11-10-21-12-13-24-16-8-6-15(7-9-16)17(23)14-4-2-1-3-5-14/h1-9,21H,10-13H2,(H4,19,20,22). The Kier molecular flexibility index (Phi) is 6.79. The van der Waals surface area contributed by atoms with E-state index in [1.54, 1.807) is 36.4 Å². The Balaban J connectivity index is 1.74. The fourth-order valence-corrected chi connectivity index (χ4v) is 2.09. The molecule has 6 heteroatoms. The highest BCUT2D eigenvalue weighted by Gasteiger charge is 2.08. The van der Waals surface area contributed by atoms with Crippen molar-refractivity contribution in [2.24, 2.45) is 16.5 Å². The number of nitrogens with zero attached hydrogens (tertiary/aromatic N) is 1. The normalized spacial score (nSPS) is 10.2. The van der Waals surface area contributed by atoms with Crippen LogP contribution >= 0.6 is 0 Å². The van der Waals surface area contributed by atoms with E-state index in [9.17, 15) is 4.79 Å². The van der Waals surface area contributed by atoms with E-state index >= 15 is 0 Å². The summed E-state index contributed by atoms with van der Waals surface area (Å²) in [5, 5.41) is 3.16. The van der Waals surface area contributed by atoms with Gasteiger partial charge in [-0.15, -0.1) is 0 Å². The molecule has 6 nitrogen and oxygen atoms in total. The van der Waals surface area contributed by atoms with Gasteiger partial charge >= 0.3 is 0 Å². The van der Waals surface area contributed by atoms with Crippen molar-refractivity contribution in [3.63, 3.8) is 0 Å². The largest absolute Gasteiger partial charge is 0.492 e. The molecule has 0 saturated carbocycles. The monoisotopic (exact) mass is 326 g/mol. The van der Waals surface area contributed by atoms with Gasteiger partial charge in [-0.05, 0) is 24.3 Å². The molecule has 0 amide bonds. The van der Waals surface area contributed by atoms with Gasteiger partial charge in [0.15, 0.2) is 11.7 Å². The third-order valence-electron chi connectivity index (χ3n) is 3.28. The van der Waals surface area contributed by atoms with Crippen LogP contribution < -0.4 is 21.5 Å². The SMILES string of the molecule is NC(N)=NCCNCCOc1ccc(C(=O)c2ccccc2)cc1. The van der Waals surface area contributed by atoms with Crippen LogP contribution in [0, 0.1) is 0 Å². The average Bonchev–Trinajstić information content (AvgIpc) is 2.61. The molecule has 2 aromatic carbocycles. The van der Waals surface area contributed by atoms with Crippen LogP contribution in [0.1, 0.15) is 15.9 Å². The summed E-state index contributed by atoms with van der Waals surface area (Å²) in [4.78, 5) is 16.2. The smallest absolute Gasteiger partial charge is 0.193 e. The van der Waals surface area contributed by atoms with Crippen LogP contribution in [-0.2, 0) is 0 Å². The fraction of sp³-hybridized carbons (Fsp3) is 0.222. The molecule has 0 spiro atoms. The molecule has 0 aromatic heterocycles. The van der Waals surface area contributed by atoms with Crippen molar-refractivity contribution < 1.29 is 9.53 Å². The van der Waals surface area contributed by atoms with Crippen molar-refractivity contribution in [1.82, 2.24) is 5.32 Å². The maximum atomic E-state index is 12.3. The predicted molar refractivity (Wildman–Crippen MR) is 95.4 cm³/mol. The Bertz CT molecular complexity index is 665. The molecule has 0 aliphatic carbocycles. The molecule has 24 heavy (non-hydrogen) atoms. The molecule has 0 radical (unpaired) electrons. The minimum Gasteiger partial charge on any atom is -0.492 e. The van der Waals surface area contributed by atoms with Crippen molar-refractivity contribution in [3.8, 4) is 5.75 Å². The van der Waals surface area contributed by atoms with Gasteiger partial charge in [0.1, 0.15) is 12.4 Å². The second-order valence-corrected chi connectivity index (χ2v) is 5.12. The van der Waals surface area contributed by atoms with Crippen LogP contribution in [0.15, 0.2) is 59.6 Å². The number of guanidine groups is 1. The summed E-state index contributed by atoms with van der Waals surface area (Å²) in [6.07, 6.45) is 0. The summed E-state index contributed by atoms with van der Waals surface area (Å²) >= 11 is 0. The van der Waals surface area contributed by atoms with E-state index in [0.717, 1.165) is 5.75 Å². The molecule has 126 valence electrons. The van der Waals surface area contributed by atoms with Crippen LogP contribution in [0.4, 0.5) is 0 Å². The molecule has 0 unspecified atom stereocenters. The zero-order valence-electron chi connectivity index (χ0n) is 13.4. The summed E-state index contributed by atoms with van der Waals surface area (Å²) in [6, 6.07) is 16.4. The van der Waals surface area contributed by atoms with Crippen LogP contribution in [0.2, 0.25) is 0 Å². The highest BCUT2D eigenvalue weighted by Crippen LogP contribution is 2.15. The number of nitrogens with two attached hydrogens (primary N) is 2.